The van der Waals surface area contributed by atoms with Gasteiger partial charge in [0.15, 0.2) is 0 Å². The first kappa shape index (κ1) is 15.8. The molecule has 0 aliphatic rings. The van der Waals surface area contributed by atoms with Crippen LogP contribution in [0.2, 0.25) is 0 Å². The van der Waals surface area contributed by atoms with Gasteiger partial charge in [0.2, 0.25) is 0 Å². The maximum atomic E-state index is 3.84. The summed E-state index contributed by atoms with van der Waals surface area (Å²) in [7, 11) is 0. The first-order valence-electron chi connectivity index (χ1n) is 6.95. The van der Waals surface area contributed by atoms with Crippen molar-refractivity contribution in [3.63, 3.8) is 0 Å². The van der Waals surface area contributed by atoms with Gasteiger partial charge in [-0.25, -0.2) is 0 Å². The highest BCUT2D eigenvalue weighted by molar-refractivity contribution is 9.09. The van der Waals surface area contributed by atoms with E-state index in [1.165, 1.54) is 17.5 Å². The second kappa shape index (κ2) is 6.23. The molecule has 0 nitrogen and oxygen atoms in total. The summed E-state index contributed by atoms with van der Waals surface area (Å²) < 4.78 is 0. The van der Waals surface area contributed by atoms with E-state index >= 15 is 0 Å². The van der Waals surface area contributed by atoms with Crippen LogP contribution < -0.4 is 0 Å². The molecule has 0 bridgehead atoms. The lowest BCUT2D eigenvalue weighted by molar-refractivity contribution is 0.246. The highest BCUT2D eigenvalue weighted by atomic mass is 79.9. The van der Waals surface area contributed by atoms with E-state index in [1.807, 2.05) is 0 Å². The quantitative estimate of drug-likeness (QED) is 0.571. The molecule has 0 aromatic heterocycles. The number of hydrogen-bond acceptors (Lipinski definition) is 0. The molecule has 0 heterocycles. The third-order valence-electron chi connectivity index (χ3n) is 4.00. The normalized spacial score (nSPS) is 15.8. The molecule has 1 rings (SSSR count). The molecular weight excluding hydrogens is 284 g/mol. The fourth-order valence-electron chi connectivity index (χ4n) is 1.89. The molecule has 0 saturated carbocycles. The molecule has 0 spiro atoms. The Morgan fingerprint density at radius 2 is 1.39 bits per heavy atom. The lowest BCUT2D eigenvalue weighted by atomic mass is 9.79. The Kier molecular flexibility index (Phi) is 5.46. The molecule has 102 valence electrons. The topological polar surface area (TPSA) is 0 Å². The van der Waals surface area contributed by atoms with Gasteiger partial charge in [0, 0.05) is 4.83 Å². The molecule has 0 radical (unpaired) electrons. The van der Waals surface area contributed by atoms with Crippen LogP contribution in [0.5, 0.6) is 0 Å². The molecular formula is C17H27Br. The first-order valence-corrected chi connectivity index (χ1v) is 7.87. The number of rotatable bonds is 4. The number of halogens is 1. The maximum absolute atomic E-state index is 3.84. The SMILES string of the molecule is CC(C)c1ccc(C(Br)CC(C)C(C)(C)C)cc1. The van der Waals surface area contributed by atoms with Crippen LogP contribution in [0.4, 0.5) is 0 Å². The summed E-state index contributed by atoms with van der Waals surface area (Å²) in [5.41, 5.74) is 3.20. The van der Waals surface area contributed by atoms with Crippen LogP contribution in [0.3, 0.4) is 0 Å². The molecule has 0 fully saturated rings. The molecule has 0 aliphatic heterocycles. The molecule has 0 saturated heterocycles. The summed E-state index contributed by atoms with van der Waals surface area (Å²) >= 11 is 3.84. The molecule has 0 amide bonds. The zero-order valence-corrected chi connectivity index (χ0v) is 14.2. The molecule has 2 atom stereocenters. The number of alkyl halides is 1. The molecule has 1 aromatic rings. The molecule has 0 N–H and O–H groups in total. The predicted octanol–water partition coefficient (Wildman–Crippen LogP) is 6.32. The van der Waals surface area contributed by atoms with Gasteiger partial charge in [-0.15, -0.1) is 0 Å². The summed E-state index contributed by atoms with van der Waals surface area (Å²) in [5, 5.41) is 0. The Morgan fingerprint density at radius 3 is 1.78 bits per heavy atom. The Hall–Kier alpha value is -0.300. The lowest BCUT2D eigenvalue weighted by Gasteiger charge is -2.29. The fourth-order valence-corrected chi connectivity index (χ4v) is 2.76. The summed E-state index contributed by atoms with van der Waals surface area (Å²) in [6.45, 7) is 13.8. The van der Waals surface area contributed by atoms with Gasteiger partial charge in [-0.3, -0.25) is 0 Å². The van der Waals surface area contributed by atoms with Crippen molar-refractivity contribution in [3.05, 3.63) is 35.4 Å². The van der Waals surface area contributed by atoms with Crippen LogP contribution in [0.25, 0.3) is 0 Å². The van der Waals surface area contributed by atoms with Crippen molar-refractivity contribution in [2.24, 2.45) is 11.3 Å². The van der Waals surface area contributed by atoms with Gasteiger partial charge in [0.05, 0.1) is 0 Å². The third kappa shape index (κ3) is 4.42. The van der Waals surface area contributed by atoms with Crippen LogP contribution in [-0.4, -0.2) is 0 Å². The van der Waals surface area contributed by atoms with E-state index in [0.29, 0.717) is 22.1 Å². The van der Waals surface area contributed by atoms with Crippen molar-refractivity contribution in [3.8, 4) is 0 Å². The maximum Gasteiger partial charge on any atom is 0.0398 e. The van der Waals surface area contributed by atoms with Crippen LogP contribution in [0.1, 0.15) is 69.8 Å². The van der Waals surface area contributed by atoms with Crippen molar-refractivity contribution in [1.29, 1.82) is 0 Å². The highest BCUT2D eigenvalue weighted by Crippen LogP contribution is 2.37. The average Bonchev–Trinajstić information content (AvgIpc) is 2.27. The minimum Gasteiger partial charge on any atom is -0.0839 e. The standard InChI is InChI=1S/C17H27Br/c1-12(2)14-7-9-15(10-8-14)16(18)11-13(3)17(4,5)6/h7-10,12-13,16H,11H2,1-6H3. The van der Waals surface area contributed by atoms with E-state index in [9.17, 15) is 0 Å². The largest absolute Gasteiger partial charge is 0.0839 e. The Bertz CT molecular complexity index is 356. The molecule has 1 heteroatoms. The highest BCUT2D eigenvalue weighted by Gasteiger charge is 2.23. The minimum atomic E-state index is 0.379. The smallest absolute Gasteiger partial charge is 0.0398 e. The van der Waals surface area contributed by atoms with Crippen molar-refractivity contribution >= 4 is 15.9 Å². The Labute approximate surface area is 121 Å². The second-order valence-electron chi connectivity index (χ2n) is 6.79. The number of benzene rings is 1. The Morgan fingerprint density at radius 1 is 0.944 bits per heavy atom. The van der Waals surface area contributed by atoms with Crippen molar-refractivity contribution < 1.29 is 0 Å². The second-order valence-corrected chi connectivity index (χ2v) is 7.90. The van der Waals surface area contributed by atoms with Crippen molar-refractivity contribution in [2.75, 3.05) is 0 Å². The molecule has 18 heavy (non-hydrogen) atoms. The summed E-state index contributed by atoms with van der Waals surface area (Å²) in [5.74, 6) is 1.31. The van der Waals surface area contributed by atoms with Gasteiger partial charge in [-0.05, 0) is 34.8 Å². The van der Waals surface area contributed by atoms with Crippen LogP contribution >= 0.6 is 15.9 Å². The fraction of sp³-hybridized carbons (Fsp3) is 0.647. The van der Waals surface area contributed by atoms with E-state index < -0.39 is 0 Å². The van der Waals surface area contributed by atoms with Gasteiger partial charge in [-0.2, -0.15) is 0 Å². The zero-order chi connectivity index (χ0) is 13.9. The van der Waals surface area contributed by atoms with Gasteiger partial charge in [-0.1, -0.05) is 81.7 Å². The third-order valence-corrected chi connectivity index (χ3v) is 4.91. The van der Waals surface area contributed by atoms with Crippen LogP contribution in [0, 0.1) is 11.3 Å². The van der Waals surface area contributed by atoms with E-state index in [-0.39, 0.29) is 0 Å². The van der Waals surface area contributed by atoms with E-state index in [2.05, 4.69) is 81.7 Å². The van der Waals surface area contributed by atoms with Gasteiger partial charge >= 0.3 is 0 Å². The van der Waals surface area contributed by atoms with Gasteiger partial charge < -0.3 is 0 Å². The predicted molar refractivity (Wildman–Crippen MR) is 85.4 cm³/mol. The Balaban J connectivity index is 2.70. The lowest BCUT2D eigenvalue weighted by Crippen LogP contribution is -2.18. The van der Waals surface area contributed by atoms with E-state index in [0.717, 1.165) is 0 Å². The van der Waals surface area contributed by atoms with E-state index in [1.54, 1.807) is 0 Å². The molecule has 1 aromatic carbocycles. The summed E-state index contributed by atoms with van der Waals surface area (Å²) in [4.78, 5) is 0.466. The number of hydrogen-bond donors (Lipinski definition) is 0. The summed E-state index contributed by atoms with van der Waals surface area (Å²) in [6, 6.07) is 9.06. The van der Waals surface area contributed by atoms with Crippen molar-refractivity contribution in [2.45, 2.75) is 58.7 Å². The van der Waals surface area contributed by atoms with Gasteiger partial charge in [0.25, 0.3) is 0 Å². The molecule has 0 aliphatic carbocycles. The van der Waals surface area contributed by atoms with Crippen molar-refractivity contribution in [1.82, 2.24) is 0 Å². The van der Waals surface area contributed by atoms with Crippen LogP contribution in [-0.2, 0) is 0 Å². The molecule has 2 unspecified atom stereocenters. The van der Waals surface area contributed by atoms with Crippen LogP contribution in [0.15, 0.2) is 24.3 Å². The monoisotopic (exact) mass is 310 g/mol. The summed E-state index contributed by atoms with van der Waals surface area (Å²) in [6.07, 6.45) is 1.19. The first-order chi connectivity index (χ1) is 8.21. The van der Waals surface area contributed by atoms with E-state index in [4.69, 9.17) is 0 Å². The zero-order valence-electron chi connectivity index (χ0n) is 12.6. The average molecular weight is 311 g/mol. The minimum absolute atomic E-state index is 0.379. The van der Waals surface area contributed by atoms with Gasteiger partial charge in [0.1, 0.15) is 0 Å².